The number of carbonyl (C=O) groups is 1. The Kier molecular flexibility index (Phi) is 4.36. The molecule has 2 aromatic rings. The number of benzene rings is 1. The Hall–Kier alpha value is -3.07. The van der Waals surface area contributed by atoms with E-state index in [-0.39, 0.29) is 11.4 Å². The molecule has 1 atom stereocenters. The summed E-state index contributed by atoms with van der Waals surface area (Å²) in [5.74, 6) is -0.0710. The largest absolute Gasteiger partial charge is 0.467 e. The Labute approximate surface area is 122 Å². The third-order valence-corrected chi connectivity index (χ3v) is 2.89. The third-order valence-electron chi connectivity index (χ3n) is 2.89. The van der Waals surface area contributed by atoms with E-state index in [0.29, 0.717) is 5.82 Å². The second kappa shape index (κ2) is 6.39. The molecule has 0 aliphatic carbocycles. The summed E-state index contributed by atoms with van der Waals surface area (Å²) in [4.78, 5) is 16.0. The molecule has 0 aliphatic heterocycles. The fourth-order valence-corrected chi connectivity index (χ4v) is 1.83. The van der Waals surface area contributed by atoms with Crippen molar-refractivity contribution in [3.63, 3.8) is 0 Å². The van der Waals surface area contributed by atoms with Crippen molar-refractivity contribution in [1.29, 1.82) is 5.26 Å². The number of carbonyl (C=O) groups excluding carboxylic acids is 1. The maximum absolute atomic E-state index is 11.9. The average molecular weight is 282 g/mol. The van der Waals surface area contributed by atoms with Crippen LogP contribution < -0.4 is 11.1 Å². The lowest BCUT2D eigenvalue weighted by molar-refractivity contribution is -0.141. The number of aromatic nitrogens is 1. The van der Waals surface area contributed by atoms with Crippen LogP contribution in [0.25, 0.3) is 0 Å². The highest BCUT2D eigenvalue weighted by molar-refractivity contribution is 5.80. The molecule has 2 rings (SSSR count). The summed E-state index contributed by atoms with van der Waals surface area (Å²) < 4.78 is 4.80. The molecule has 3 N–H and O–H groups in total. The van der Waals surface area contributed by atoms with Crippen LogP contribution in [0, 0.1) is 11.3 Å². The molecule has 0 saturated heterocycles. The predicted molar refractivity (Wildman–Crippen MR) is 78.2 cm³/mol. The monoisotopic (exact) mass is 282 g/mol. The summed E-state index contributed by atoms with van der Waals surface area (Å²) in [5.41, 5.74) is 6.76. The van der Waals surface area contributed by atoms with Crippen molar-refractivity contribution in [1.82, 2.24) is 4.98 Å². The molecule has 0 saturated carbocycles. The molecular formula is C15H14N4O2. The van der Waals surface area contributed by atoms with Crippen molar-refractivity contribution >= 4 is 17.5 Å². The average Bonchev–Trinajstić information content (AvgIpc) is 2.54. The van der Waals surface area contributed by atoms with Gasteiger partial charge in [0.25, 0.3) is 0 Å². The van der Waals surface area contributed by atoms with E-state index >= 15 is 0 Å². The second-order valence-electron chi connectivity index (χ2n) is 4.26. The Morgan fingerprint density at radius 1 is 1.33 bits per heavy atom. The Bertz CT molecular complexity index is 680. The van der Waals surface area contributed by atoms with Gasteiger partial charge < -0.3 is 15.8 Å². The van der Waals surface area contributed by atoms with Gasteiger partial charge in [-0.05, 0) is 17.7 Å². The summed E-state index contributed by atoms with van der Waals surface area (Å²) in [6, 6.07) is 13.5. The van der Waals surface area contributed by atoms with E-state index in [1.165, 1.54) is 7.11 Å². The molecule has 106 valence electrons. The number of ether oxygens (including phenoxy) is 1. The zero-order chi connectivity index (χ0) is 15.2. The molecule has 1 unspecified atom stereocenters. The van der Waals surface area contributed by atoms with E-state index in [2.05, 4.69) is 10.3 Å². The summed E-state index contributed by atoms with van der Waals surface area (Å²) >= 11 is 0. The minimum atomic E-state index is -0.709. The van der Waals surface area contributed by atoms with E-state index in [1.54, 1.807) is 24.3 Å². The van der Waals surface area contributed by atoms with Gasteiger partial charge in [-0.2, -0.15) is 5.26 Å². The van der Waals surface area contributed by atoms with Gasteiger partial charge in [0.2, 0.25) is 0 Å². The minimum absolute atomic E-state index is 0.108. The molecule has 0 aliphatic rings. The van der Waals surface area contributed by atoms with Crippen LogP contribution in [0.3, 0.4) is 0 Å². The quantitative estimate of drug-likeness (QED) is 0.830. The standard InChI is InChI=1S/C15H14N4O2/c1-21-15(20)14(10-5-3-2-4-6-10)19-13-8-7-11(17)12(9-16)18-13/h2-8,14H,17H2,1H3,(H,18,19). The number of nitrogens with two attached hydrogens (primary N) is 1. The molecule has 1 aromatic heterocycles. The van der Waals surface area contributed by atoms with Gasteiger partial charge >= 0.3 is 5.97 Å². The molecule has 1 aromatic carbocycles. The van der Waals surface area contributed by atoms with Crippen molar-refractivity contribution in [3.8, 4) is 6.07 Å². The summed E-state index contributed by atoms with van der Waals surface area (Å²) in [6.45, 7) is 0. The number of nitrogens with one attached hydrogen (secondary N) is 1. The van der Waals surface area contributed by atoms with Gasteiger partial charge in [0.15, 0.2) is 11.7 Å². The highest BCUT2D eigenvalue weighted by Crippen LogP contribution is 2.21. The molecule has 6 nitrogen and oxygen atoms in total. The summed E-state index contributed by atoms with van der Waals surface area (Å²) in [6.07, 6.45) is 0. The van der Waals surface area contributed by atoms with Crippen molar-refractivity contribution < 1.29 is 9.53 Å². The Morgan fingerprint density at radius 2 is 2.05 bits per heavy atom. The first-order valence-corrected chi connectivity index (χ1v) is 6.21. The van der Waals surface area contributed by atoms with E-state index in [9.17, 15) is 4.79 Å². The summed E-state index contributed by atoms with van der Waals surface area (Å²) in [7, 11) is 1.32. The minimum Gasteiger partial charge on any atom is -0.467 e. The van der Waals surface area contributed by atoms with Crippen LogP contribution >= 0.6 is 0 Å². The molecule has 0 spiro atoms. The number of hydrogen-bond acceptors (Lipinski definition) is 6. The maximum Gasteiger partial charge on any atom is 0.333 e. The van der Waals surface area contributed by atoms with Gasteiger partial charge in [0.1, 0.15) is 11.9 Å². The number of methoxy groups -OCH3 is 1. The number of nitrogens with zero attached hydrogens (tertiary/aromatic N) is 2. The first-order chi connectivity index (χ1) is 10.2. The highest BCUT2D eigenvalue weighted by atomic mass is 16.5. The predicted octanol–water partition coefficient (Wildman–Crippen LogP) is 1.86. The number of anilines is 2. The van der Waals surface area contributed by atoms with Crippen molar-refractivity contribution in [2.24, 2.45) is 0 Å². The number of esters is 1. The van der Waals surface area contributed by atoms with Gasteiger partial charge in [0.05, 0.1) is 12.8 Å². The molecule has 6 heteroatoms. The van der Waals surface area contributed by atoms with Crippen LogP contribution in [0.1, 0.15) is 17.3 Å². The lowest BCUT2D eigenvalue weighted by Gasteiger charge is -2.17. The smallest absolute Gasteiger partial charge is 0.333 e. The van der Waals surface area contributed by atoms with Crippen LogP contribution in [-0.2, 0) is 9.53 Å². The van der Waals surface area contributed by atoms with Crippen LogP contribution in [0.15, 0.2) is 42.5 Å². The molecule has 0 fully saturated rings. The van der Waals surface area contributed by atoms with Gasteiger partial charge in [0, 0.05) is 0 Å². The zero-order valence-corrected chi connectivity index (χ0v) is 11.4. The fourth-order valence-electron chi connectivity index (χ4n) is 1.83. The van der Waals surface area contributed by atoms with E-state index in [0.717, 1.165) is 5.56 Å². The lowest BCUT2D eigenvalue weighted by atomic mass is 10.1. The molecule has 0 amide bonds. The summed E-state index contributed by atoms with van der Waals surface area (Å²) in [5, 5.41) is 11.9. The SMILES string of the molecule is COC(=O)C(Nc1ccc(N)c(C#N)n1)c1ccccc1. The Morgan fingerprint density at radius 3 is 2.67 bits per heavy atom. The fraction of sp³-hybridized carbons (Fsp3) is 0.133. The number of hydrogen-bond donors (Lipinski definition) is 2. The first-order valence-electron chi connectivity index (χ1n) is 6.21. The van der Waals surface area contributed by atoms with Crippen LogP contribution in [-0.4, -0.2) is 18.1 Å². The zero-order valence-electron chi connectivity index (χ0n) is 11.4. The van der Waals surface area contributed by atoms with E-state index in [4.69, 9.17) is 15.7 Å². The Balaban J connectivity index is 2.32. The van der Waals surface area contributed by atoms with Crippen LogP contribution in [0.5, 0.6) is 0 Å². The van der Waals surface area contributed by atoms with Crippen LogP contribution in [0.2, 0.25) is 0 Å². The second-order valence-corrected chi connectivity index (χ2v) is 4.26. The van der Waals surface area contributed by atoms with Crippen molar-refractivity contribution in [2.45, 2.75) is 6.04 Å². The van der Waals surface area contributed by atoms with Gasteiger partial charge in [-0.25, -0.2) is 9.78 Å². The normalized spacial score (nSPS) is 11.2. The molecular weight excluding hydrogens is 268 g/mol. The van der Waals surface area contributed by atoms with Gasteiger partial charge in [-0.1, -0.05) is 30.3 Å². The van der Waals surface area contributed by atoms with E-state index in [1.807, 2.05) is 24.3 Å². The number of rotatable bonds is 4. The van der Waals surface area contributed by atoms with Crippen molar-refractivity contribution in [2.75, 3.05) is 18.2 Å². The molecule has 0 radical (unpaired) electrons. The molecule has 0 bridgehead atoms. The number of nitrogen functional groups attached to an aromatic ring is 1. The van der Waals surface area contributed by atoms with Gasteiger partial charge in [-0.3, -0.25) is 0 Å². The van der Waals surface area contributed by atoms with Crippen LogP contribution in [0.4, 0.5) is 11.5 Å². The topological polar surface area (TPSA) is 101 Å². The number of pyridine rings is 1. The lowest BCUT2D eigenvalue weighted by Crippen LogP contribution is -2.23. The molecule has 21 heavy (non-hydrogen) atoms. The molecule has 1 heterocycles. The van der Waals surface area contributed by atoms with E-state index < -0.39 is 12.0 Å². The maximum atomic E-state index is 11.9. The van der Waals surface area contributed by atoms with Crippen molar-refractivity contribution in [3.05, 3.63) is 53.7 Å². The van der Waals surface area contributed by atoms with Gasteiger partial charge in [-0.15, -0.1) is 0 Å². The number of nitriles is 1. The first kappa shape index (κ1) is 14.3. The highest BCUT2D eigenvalue weighted by Gasteiger charge is 2.21. The third kappa shape index (κ3) is 3.28.